The van der Waals surface area contributed by atoms with Gasteiger partial charge < -0.3 is 10.5 Å². The van der Waals surface area contributed by atoms with E-state index in [4.69, 9.17) is 10.5 Å². The maximum absolute atomic E-state index is 13.0. The van der Waals surface area contributed by atoms with Gasteiger partial charge in [0.1, 0.15) is 0 Å². The minimum Gasteiger partial charge on any atom is -0.462 e. The zero-order chi connectivity index (χ0) is 15.9. The van der Waals surface area contributed by atoms with Crippen LogP contribution in [0.1, 0.15) is 22.1 Å². The van der Waals surface area contributed by atoms with Crippen molar-refractivity contribution in [2.45, 2.75) is 12.3 Å². The minimum absolute atomic E-state index is 0.198. The summed E-state index contributed by atoms with van der Waals surface area (Å²) in [5, 5.41) is 1.28. The van der Waals surface area contributed by atoms with Gasteiger partial charge in [-0.25, -0.2) is 0 Å². The van der Waals surface area contributed by atoms with Gasteiger partial charge in [-0.15, -0.1) is 11.3 Å². The highest BCUT2D eigenvalue weighted by atomic mass is 32.1. The fraction of sp³-hybridized carbons (Fsp3) is 0.133. The van der Waals surface area contributed by atoms with Crippen molar-refractivity contribution in [2.24, 2.45) is 5.73 Å². The molecule has 1 aromatic carbocycles. The minimum atomic E-state index is -4.55. The first-order valence-electron chi connectivity index (χ1n) is 6.30. The normalized spacial score (nSPS) is 18.7. The smallest absolute Gasteiger partial charge is 0.417 e. The van der Waals surface area contributed by atoms with Crippen molar-refractivity contribution in [1.82, 2.24) is 0 Å². The van der Waals surface area contributed by atoms with E-state index in [1.165, 1.54) is 5.38 Å². The molecule has 7 heteroatoms. The van der Waals surface area contributed by atoms with Crippen LogP contribution >= 0.6 is 11.3 Å². The summed E-state index contributed by atoms with van der Waals surface area (Å²) in [7, 11) is 0. The van der Waals surface area contributed by atoms with Crippen LogP contribution in [0.2, 0.25) is 0 Å². The number of ketones is 1. The summed E-state index contributed by atoms with van der Waals surface area (Å²) in [5.74, 6) is -0.830. The molecule has 1 aliphatic rings. The molecule has 22 heavy (non-hydrogen) atoms. The number of benzene rings is 1. The van der Waals surface area contributed by atoms with E-state index < -0.39 is 23.6 Å². The number of thiophene rings is 1. The summed E-state index contributed by atoms with van der Waals surface area (Å²) in [5.41, 5.74) is 5.16. The number of nitrogens with two attached hydrogens (primary N) is 1. The van der Waals surface area contributed by atoms with Crippen LogP contribution in [-0.2, 0) is 15.7 Å². The fourth-order valence-electron chi connectivity index (χ4n) is 2.29. The van der Waals surface area contributed by atoms with E-state index >= 15 is 0 Å². The van der Waals surface area contributed by atoms with Crippen LogP contribution in [0.25, 0.3) is 5.57 Å². The molecule has 1 aliphatic heterocycles. The third kappa shape index (κ3) is 2.37. The van der Waals surface area contributed by atoms with Gasteiger partial charge in [0, 0.05) is 5.56 Å². The van der Waals surface area contributed by atoms with E-state index in [1.807, 2.05) is 0 Å². The van der Waals surface area contributed by atoms with Gasteiger partial charge in [0.25, 0.3) is 0 Å². The highest BCUT2D eigenvalue weighted by molar-refractivity contribution is 7.11. The molecule has 0 radical (unpaired) electrons. The Morgan fingerprint density at radius 2 is 1.82 bits per heavy atom. The number of ether oxygens (including phenoxy) is 1. The molecule has 0 spiro atoms. The highest BCUT2D eigenvalue weighted by Crippen LogP contribution is 2.43. The Kier molecular flexibility index (Phi) is 3.44. The summed E-state index contributed by atoms with van der Waals surface area (Å²) in [6.45, 7) is 0. The molecule has 0 amide bonds. The molecule has 2 N–H and O–H groups in total. The third-order valence-corrected chi connectivity index (χ3v) is 4.21. The Bertz CT molecular complexity index is 750. The molecule has 3 nitrogen and oxygen atoms in total. The molecule has 1 atom stereocenters. The van der Waals surface area contributed by atoms with Crippen LogP contribution < -0.4 is 5.73 Å². The Labute approximate surface area is 127 Å². The number of rotatable bonds is 2. The van der Waals surface area contributed by atoms with E-state index in [9.17, 15) is 18.0 Å². The van der Waals surface area contributed by atoms with E-state index in [2.05, 4.69) is 0 Å². The second kappa shape index (κ2) is 5.17. The predicted octanol–water partition coefficient (Wildman–Crippen LogP) is 3.73. The van der Waals surface area contributed by atoms with Gasteiger partial charge >= 0.3 is 6.18 Å². The largest absolute Gasteiger partial charge is 0.462 e. The summed E-state index contributed by atoms with van der Waals surface area (Å²) in [4.78, 5) is 12.3. The maximum Gasteiger partial charge on any atom is 0.417 e. The van der Waals surface area contributed by atoms with E-state index in [0.29, 0.717) is 5.56 Å². The van der Waals surface area contributed by atoms with Gasteiger partial charge in [-0.05, 0) is 11.4 Å². The van der Waals surface area contributed by atoms with Crippen LogP contribution in [0.3, 0.4) is 0 Å². The van der Waals surface area contributed by atoms with Crippen molar-refractivity contribution in [2.75, 3.05) is 0 Å². The first-order chi connectivity index (χ1) is 10.4. The SMILES string of the molecule is NC1=C(c2sccc2C(F)(F)F)C(=O)C(c2ccccc2)O1. The van der Waals surface area contributed by atoms with Crippen LogP contribution in [-0.4, -0.2) is 5.78 Å². The van der Waals surface area contributed by atoms with Gasteiger partial charge in [-0.2, -0.15) is 13.2 Å². The Hall–Kier alpha value is -2.28. The lowest BCUT2D eigenvalue weighted by atomic mass is 9.99. The van der Waals surface area contributed by atoms with Gasteiger partial charge in [0.05, 0.1) is 16.0 Å². The molecular formula is C15H10F3NO2S. The molecule has 3 rings (SSSR count). The molecule has 0 fully saturated rings. The fourth-order valence-corrected chi connectivity index (χ4v) is 3.26. The summed E-state index contributed by atoms with van der Waals surface area (Å²) < 4.78 is 44.3. The lowest BCUT2D eigenvalue weighted by Crippen LogP contribution is -2.11. The van der Waals surface area contributed by atoms with Crippen molar-refractivity contribution >= 4 is 22.7 Å². The van der Waals surface area contributed by atoms with Crippen molar-refractivity contribution in [3.8, 4) is 0 Å². The summed E-state index contributed by atoms with van der Waals surface area (Å²) in [6, 6.07) is 9.46. The molecule has 0 aliphatic carbocycles. The van der Waals surface area contributed by atoms with Crippen LogP contribution in [0.15, 0.2) is 47.7 Å². The molecule has 0 saturated carbocycles. The summed E-state index contributed by atoms with van der Waals surface area (Å²) in [6.07, 6.45) is -5.55. The second-order valence-electron chi connectivity index (χ2n) is 4.67. The van der Waals surface area contributed by atoms with Gasteiger partial charge in [-0.1, -0.05) is 30.3 Å². The third-order valence-electron chi connectivity index (χ3n) is 3.28. The average Bonchev–Trinajstić information content (AvgIpc) is 3.04. The van der Waals surface area contributed by atoms with Crippen molar-refractivity contribution in [3.63, 3.8) is 0 Å². The predicted molar refractivity (Wildman–Crippen MR) is 75.7 cm³/mol. The molecule has 2 aromatic rings. The van der Waals surface area contributed by atoms with E-state index in [-0.39, 0.29) is 16.3 Å². The highest BCUT2D eigenvalue weighted by Gasteiger charge is 2.42. The molecule has 2 heterocycles. The number of carbonyl (C=O) groups excluding carboxylic acids is 1. The van der Waals surface area contributed by atoms with Crippen molar-refractivity contribution in [3.05, 3.63) is 63.7 Å². The number of hydrogen-bond acceptors (Lipinski definition) is 4. The van der Waals surface area contributed by atoms with Gasteiger partial charge in [-0.3, -0.25) is 4.79 Å². The number of Topliss-reactive ketones (excluding diaryl/α,β-unsaturated/α-hetero) is 1. The maximum atomic E-state index is 13.0. The quantitative estimate of drug-likeness (QED) is 0.915. The number of alkyl halides is 3. The van der Waals surface area contributed by atoms with Crippen LogP contribution in [0.4, 0.5) is 13.2 Å². The zero-order valence-corrected chi connectivity index (χ0v) is 11.9. The first kappa shape index (κ1) is 14.6. The number of carbonyl (C=O) groups is 1. The first-order valence-corrected chi connectivity index (χ1v) is 7.18. The number of hydrogen-bond donors (Lipinski definition) is 1. The summed E-state index contributed by atoms with van der Waals surface area (Å²) >= 11 is 0.820. The molecule has 114 valence electrons. The molecule has 1 unspecified atom stereocenters. The van der Waals surface area contributed by atoms with Crippen molar-refractivity contribution in [1.29, 1.82) is 0 Å². The van der Waals surface area contributed by atoms with E-state index in [1.54, 1.807) is 30.3 Å². The number of halogens is 3. The zero-order valence-electron chi connectivity index (χ0n) is 11.1. The lowest BCUT2D eigenvalue weighted by Gasteiger charge is -2.10. The molecular weight excluding hydrogens is 315 g/mol. The van der Waals surface area contributed by atoms with Crippen LogP contribution in [0, 0.1) is 0 Å². The van der Waals surface area contributed by atoms with Gasteiger partial charge in [0.2, 0.25) is 5.78 Å². The van der Waals surface area contributed by atoms with E-state index in [0.717, 1.165) is 17.4 Å². The molecule has 0 bridgehead atoms. The second-order valence-corrected chi connectivity index (χ2v) is 5.59. The Morgan fingerprint density at radius 3 is 2.45 bits per heavy atom. The lowest BCUT2D eigenvalue weighted by molar-refractivity contribution is -0.137. The Morgan fingerprint density at radius 1 is 1.14 bits per heavy atom. The van der Waals surface area contributed by atoms with Crippen molar-refractivity contribution < 1.29 is 22.7 Å². The monoisotopic (exact) mass is 325 g/mol. The molecule has 0 saturated heterocycles. The topological polar surface area (TPSA) is 52.3 Å². The molecule has 1 aromatic heterocycles. The average molecular weight is 325 g/mol. The standard InChI is InChI=1S/C15H10F3NO2S/c16-15(17,18)9-6-7-22-13(9)10-11(20)12(21-14(10)19)8-4-2-1-3-5-8/h1-7,12H,19H2. The van der Waals surface area contributed by atoms with Crippen LogP contribution in [0.5, 0.6) is 0 Å². The Balaban J connectivity index is 2.01. The van der Waals surface area contributed by atoms with Gasteiger partial charge in [0.15, 0.2) is 12.0 Å².